The Hall–Kier alpha value is -2.35. The number of carbonyl (C=O) groups is 2. The maximum Gasteiger partial charge on any atom is 0.263 e. The summed E-state index contributed by atoms with van der Waals surface area (Å²) in [6, 6.07) is 8.60. The number of carbonyl (C=O) groups excluding carboxylic acids is 2. The zero-order valence-corrected chi connectivity index (χ0v) is 12.8. The summed E-state index contributed by atoms with van der Waals surface area (Å²) < 4.78 is 5.59. The number of likely N-dealkylation sites (N-methyl/N-ethyl adjacent to an activating group) is 1. The van der Waals surface area contributed by atoms with Crippen LogP contribution in [0.15, 0.2) is 24.3 Å². The molecule has 1 aromatic rings. The van der Waals surface area contributed by atoms with E-state index in [0.29, 0.717) is 11.3 Å². The van der Waals surface area contributed by atoms with E-state index in [4.69, 9.17) is 10.00 Å². The molecular formula is C16H20N2O3. The van der Waals surface area contributed by atoms with Gasteiger partial charge in [-0.1, -0.05) is 12.1 Å². The lowest BCUT2D eigenvalue weighted by Crippen LogP contribution is -2.42. The number of Topliss-reactive ketones (excluding diaryl/α,β-unsaturated/α-hetero) is 1. The summed E-state index contributed by atoms with van der Waals surface area (Å²) in [5.74, 6) is 0.218. The number of ether oxygens (including phenoxy) is 1. The molecule has 0 aliphatic carbocycles. The molecule has 0 saturated carbocycles. The average molecular weight is 288 g/mol. The van der Waals surface area contributed by atoms with Crippen molar-refractivity contribution in [2.75, 3.05) is 7.05 Å². The fraction of sp³-hybridized carbons (Fsp3) is 0.438. The van der Waals surface area contributed by atoms with Crippen molar-refractivity contribution in [2.45, 2.75) is 39.3 Å². The van der Waals surface area contributed by atoms with E-state index in [2.05, 4.69) is 0 Å². The summed E-state index contributed by atoms with van der Waals surface area (Å²) in [7, 11) is 1.65. The van der Waals surface area contributed by atoms with E-state index < -0.39 is 6.10 Å². The SMILES string of the molecule is CC(=O)c1cccc(OC(C)C(=O)N(C)C(C)CC#N)c1. The minimum atomic E-state index is -0.682. The first-order chi connectivity index (χ1) is 9.86. The minimum Gasteiger partial charge on any atom is -0.481 e. The molecule has 0 radical (unpaired) electrons. The zero-order valence-electron chi connectivity index (χ0n) is 12.8. The lowest BCUT2D eigenvalue weighted by Gasteiger charge is -2.26. The van der Waals surface area contributed by atoms with Crippen LogP contribution in [-0.4, -0.2) is 35.8 Å². The fourth-order valence-corrected chi connectivity index (χ4v) is 1.82. The monoisotopic (exact) mass is 288 g/mol. The van der Waals surface area contributed by atoms with Gasteiger partial charge in [0.2, 0.25) is 0 Å². The van der Waals surface area contributed by atoms with Crippen LogP contribution in [0.1, 0.15) is 37.6 Å². The zero-order chi connectivity index (χ0) is 16.0. The number of amides is 1. The van der Waals surface area contributed by atoms with Gasteiger partial charge in [-0.05, 0) is 32.9 Å². The quantitative estimate of drug-likeness (QED) is 0.754. The number of nitriles is 1. The third-order valence-electron chi connectivity index (χ3n) is 3.30. The predicted molar refractivity (Wildman–Crippen MR) is 79.0 cm³/mol. The van der Waals surface area contributed by atoms with Crippen LogP contribution >= 0.6 is 0 Å². The Balaban J connectivity index is 2.74. The van der Waals surface area contributed by atoms with E-state index in [0.717, 1.165) is 0 Å². The first-order valence-corrected chi connectivity index (χ1v) is 6.78. The molecule has 1 amide bonds. The number of hydrogen-bond acceptors (Lipinski definition) is 4. The van der Waals surface area contributed by atoms with Crippen LogP contribution in [-0.2, 0) is 4.79 Å². The molecule has 5 heteroatoms. The third-order valence-corrected chi connectivity index (χ3v) is 3.30. The van der Waals surface area contributed by atoms with E-state index in [9.17, 15) is 9.59 Å². The Morgan fingerprint density at radius 3 is 2.62 bits per heavy atom. The van der Waals surface area contributed by atoms with E-state index >= 15 is 0 Å². The second-order valence-electron chi connectivity index (χ2n) is 5.00. The van der Waals surface area contributed by atoms with Crippen molar-refractivity contribution < 1.29 is 14.3 Å². The smallest absolute Gasteiger partial charge is 0.263 e. The molecule has 5 nitrogen and oxygen atoms in total. The van der Waals surface area contributed by atoms with Gasteiger partial charge in [0.05, 0.1) is 12.5 Å². The van der Waals surface area contributed by atoms with Crippen molar-refractivity contribution in [2.24, 2.45) is 0 Å². The van der Waals surface area contributed by atoms with Gasteiger partial charge >= 0.3 is 0 Å². The summed E-state index contributed by atoms with van der Waals surface area (Å²) in [6.07, 6.45) is -0.409. The van der Waals surface area contributed by atoms with Gasteiger partial charge in [0.1, 0.15) is 5.75 Å². The standard InChI is InChI=1S/C16H20N2O3/c1-11(8-9-17)18(4)16(20)13(3)21-15-7-5-6-14(10-15)12(2)19/h5-7,10-11,13H,8H2,1-4H3. The van der Waals surface area contributed by atoms with Crippen LogP contribution in [0.4, 0.5) is 0 Å². The highest BCUT2D eigenvalue weighted by atomic mass is 16.5. The number of hydrogen-bond donors (Lipinski definition) is 0. The van der Waals surface area contributed by atoms with Gasteiger partial charge in [-0.3, -0.25) is 9.59 Å². The van der Waals surface area contributed by atoms with Gasteiger partial charge in [0, 0.05) is 18.7 Å². The largest absolute Gasteiger partial charge is 0.481 e. The Labute approximate surface area is 125 Å². The second-order valence-corrected chi connectivity index (χ2v) is 5.00. The molecule has 0 aromatic heterocycles. The number of ketones is 1. The molecule has 112 valence electrons. The first kappa shape index (κ1) is 16.7. The fourth-order valence-electron chi connectivity index (χ4n) is 1.82. The Bertz CT molecular complexity index is 563. The van der Waals surface area contributed by atoms with Gasteiger partial charge in [0.15, 0.2) is 11.9 Å². The number of rotatable bonds is 6. The highest BCUT2D eigenvalue weighted by Gasteiger charge is 2.23. The maximum absolute atomic E-state index is 12.2. The molecule has 0 aliphatic heterocycles. The third kappa shape index (κ3) is 4.60. The predicted octanol–water partition coefficient (Wildman–Crippen LogP) is 2.42. The lowest BCUT2D eigenvalue weighted by molar-refractivity contribution is -0.138. The van der Waals surface area contributed by atoms with Crippen LogP contribution < -0.4 is 4.74 Å². The average Bonchev–Trinajstić information content (AvgIpc) is 2.46. The molecule has 1 aromatic carbocycles. The molecule has 1 rings (SSSR count). The van der Waals surface area contributed by atoms with Crippen molar-refractivity contribution in [3.05, 3.63) is 29.8 Å². The minimum absolute atomic E-state index is 0.0563. The van der Waals surface area contributed by atoms with Crippen molar-refractivity contribution in [1.82, 2.24) is 4.90 Å². The molecule has 0 spiro atoms. The van der Waals surface area contributed by atoms with Gasteiger partial charge in [-0.25, -0.2) is 0 Å². The summed E-state index contributed by atoms with van der Waals surface area (Å²) in [5, 5.41) is 8.67. The maximum atomic E-state index is 12.2. The summed E-state index contributed by atoms with van der Waals surface area (Å²) in [5.41, 5.74) is 0.540. The van der Waals surface area contributed by atoms with Crippen molar-refractivity contribution in [3.8, 4) is 11.8 Å². The van der Waals surface area contributed by atoms with Crippen LogP contribution in [0.3, 0.4) is 0 Å². The summed E-state index contributed by atoms with van der Waals surface area (Å²) >= 11 is 0. The topological polar surface area (TPSA) is 70.4 Å². The molecule has 0 bridgehead atoms. The summed E-state index contributed by atoms with van der Waals surface area (Å²) in [4.78, 5) is 25.0. The number of benzene rings is 1. The number of nitrogens with zero attached hydrogens (tertiary/aromatic N) is 2. The Morgan fingerprint density at radius 2 is 2.05 bits per heavy atom. The first-order valence-electron chi connectivity index (χ1n) is 6.78. The van der Waals surface area contributed by atoms with Crippen molar-refractivity contribution in [3.63, 3.8) is 0 Å². The molecule has 0 N–H and O–H groups in total. The van der Waals surface area contributed by atoms with Crippen LogP contribution in [0.2, 0.25) is 0 Å². The van der Waals surface area contributed by atoms with Crippen LogP contribution in [0.25, 0.3) is 0 Å². The highest BCUT2D eigenvalue weighted by Crippen LogP contribution is 2.16. The lowest BCUT2D eigenvalue weighted by atomic mass is 10.1. The molecule has 2 unspecified atom stereocenters. The molecule has 0 saturated heterocycles. The van der Waals surface area contributed by atoms with E-state index in [1.165, 1.54) is 11.8 Å². The molecular weight excluding hydrogens is 268 g/mol. The van der Waals surface area contributed by atoms with E-state index in [-0.39, 0.29) is 24.2 Å². The summed E-state index contributed by atoms with van der Waals surface area (Å²) in [6.45, 7) is 4.94. The Kier molecular flexibility index (Phi) is 5.92. The van der Waals surface area contributed by atoms with Crippen molar-refractivity contribution in [1.29, 1.82) is 5.26 Å². The van der Waals surface area contributed by atoms with E-state index in [1.807, 2.05) is 13.0 Å². The highest BCUT2D eigenvalue weighted by molar-refractivity contribution is 5.94. The molecule has 0 fully saturated rings. The van der Waals surface area contributed by atoms with Gasteiger partial charge in [-0.2, -0.15) is 5.26 Å². The van der Waals surface area contributed by atoms with Crippen molar-refractivity contribution >= 4 is 11.7 Å². The van der Waals surface area contributed by atoms with Crippen LogP contribution in [0, 0.1) is 11.3 Å². The van der Waals surface area contributed by atoms with Gasteiger partial charge in [0.25, 0.3) is 5.91 Å². The van der Waals surface area contributed by atoms with Gasteiger partial charge in [-0.15, -0.1) is 0 Å². The molecule has 0 aliphatic rings. The second kappa shape index (κ2) is 7.44. The van der Waals surface area contributed by atoms with E-state index in [1.54, 1.807) is 38.2 Å². The molecule has 0 heterocycles. The van der Waals surface area contributed by atoms with Crippen LogP contribution in [0.5, 0.6) is 5.75 Å². The Morgan fingerprint density at radius 1 is 1.38 bits per heavy atom. The molecule has 21 heavy (non-hydrogen) atoms. The molecule has 2 atom stereocenters. The van der Waals surface area contributed by atoms with Gasteiger partial charge < -0.3 is 9.64 Å². The normalized spacial score (nSPS) is 12.9.